The summed E-state index contributed by atoms with van der Waals surface area (Å²) < 4.78 is 26.5. The molecule has 0 aliphatic carbocycles. The van der Waals surface area contributed by atoms with Crippen LogP contribution in [-0.2, 0) is 14.6 Å². The van der Waals surface area contributed by atoms with Crippen molar-refractivity contribution < 1.29 is 13.2 Å². The predicted octanol–water partition coefficient (Wildman–Crippen LogP) is 4.09. The number of nitrogens with zero attached hydrogens (tertiary/aromatic N) is 3. The standard InChI is InChI=1S/C22H27N3O3S2.ClH/c1-16-13-17(2)21-19(14-16)29-22(23-21)25(12-8-11-24(3)4)20(26)15-30(27,28)18-9-6-5-7-10-18;/h5-7,9-10,13-14H,8,11-12,15H2,1-4H3;1H. The molecule has 1 amide bonds. The van der Waals surface area contributed by atoms with Gasteiger partial charge < -0.3 is 4.90 Å². The van der Waals surface area contributed by atoms with E-state index in [4.69, 9.17) is 4.98 Å². The summed E-state index contributed by atoms with van der Waals surface area (Å²) >= 11 is 1.43. The number of thiazole rings is 1. The zero-order chi connectivity index (χ0) is 21.9. The second-order valence-electron chi connectivity index (χ2n) is 7.70. The van der Waals surface area contributed by atoms with Crippen LogP contribution in [0, 0.1) is 13.8 Å². The normalized spacial score (nSPS) is 11.5. The average Bonchev–Trinajstić information content (AvgIpc) is 3.09. The molecule has 0 saturated carbocycles. The van der Waals surface area contributed by atoms with E-state index in [1.54, 1.807) is 18.2 Å². The number of amides is 1. The minimum absolute atomic E-state index is 0. The summed E-state index contributed by atoms with van der Waals surface area (Å²) in [5.41, 5.74) is 3.04. The Morgan fingerprint density at radius 3 is 2.39 bits per heavy atom. The largest absolute Gasteiger partial charge is 0.309 e. The molecule has 0 spiro atoms. The van der Waals surface area contributed by atoms with Crippen LogP contribution in [-0.4, -0.2) is 57.1 Å². The fourth-order valence-corrected chi connectivity index (χ4v) is 5.70. The zero-order valence-corrected chi connectivity index (χ0v) is 20.6. The number of fused-ring (bicyclic) bond motifs is 1. The summed E-state index contributed by atoms with van der Waals surface area (Å²) in [6.07, 6.45) is 0.720. The number of halogens is 1. The van der Waals surface area contributed by atoms with Gasteiger partial charge in [0, 0.05) is 6.54 Å². The number of anilines is 1. The van der Waals surface area contributed by atoms with Gasteiger partial charge in [0.15, 0.2) is 15.0 Å². The van der Waals surface area contributed by atoms with Crippen molar-refractivity contribution in [1.82, 2.24) is 9.88 Å². The summed E-state index contributed by atoms with van der Waals surface area (Å²) in [5.74, 6) is -1.03. The number of aromatic nitrogens is 1. The molecule has 1 heterocycles. The van der Waals surface area contributed by atoms with E-state index in [-0.39, 0.29) is 17.3 Å². The number of sulfone groups is 1. The van der Waals surface area contributed by atoms with E-state index in [9.17, 15) is 13.2 Å². The molecule has 0 unspecified atom stereocenters. The number of hydrogen-bond donors (Lipinski definition) is 0. The molecule has 0 saturated heterocycles. The number of carbonyl (C=O) groups is 1. The summed E-state index contributed by atoms with van der Waals surface area (Å²) in [6, 6.07) is 12.2. The smallest absolute Gasteiger partial charge is 0.244 e. The molecular formula is C22H28ClN3O3S2. The first-order chi connectivity index (χ1) is 14.2. The maximum Gasteiger partial charge on any atom is 0.244 e. The molecule has 6 nitrogen and oxygen atoms in total. The van der Waals surface area contributed by atoms with Crippen LogP contribution in [0.4, 0.5) is 5.13 Å². The lowest BCUT2D eigenvalue weighted by atomic mass is 10.1. The van der Waals surface area contributed by atoms with Crippen molar-refractivity contribution in [2.24, 2.45) is 0 Å². The van der Waals surface area contributed by atoms with Crippen LogP contribution in [0.2, 0.25) is 0 Å². The van der Waals surface area contributed by atoms with Crippen molar-refractivity contribution in [3.05, 3.63) is 53.6 Å². The lowest BCUT2D eigenvalue weighted by Gasteiger charge is -2.21. The lowest BCUT2D eigenvalue weighted by molar-refractivity contribution is -0.116. The first-order valence-corrected chi connectivity index (χ1v) is 12.2. The van der Waals surface area contributed by atoms with Crippen molar-refractivity contribution in [2.45, 2.75) is 25.2 Å². The summed E-state index contributed by atoms with van der Waals surface area (Å²) in [6.45, 7) is 5.23. The molecule has 0 bridgehead atoms. The third-order valence-corrected chi connectivity index (χ3v) is 7.40. The maximum absolute atomic E-state index is 13.1. The molecule has 0 atom stereocenters. The highest BCUT2D eigenvalue weighted by atomic mass is 35.5. The second-order valence-corrected chi connectivity index (χ2v) is 10.7. The first-order valence-electron chi connectivity index (χ1n) is 9.78. The number of hydrogen-bond acceptors (Lipinski definition) is 6. The van der Waals surface area contributed by atoms with Crippen LogP contribution in [0.25, 0.3) is 10.2 Å². The van der Waals surface area contributed by atoms with Gasteiger partial charge in [-0.05, 0) is 70.2 Å². The predicted molar refractivity (Wildman–Crippen MR) is 130 cm³/mol. The van der Waals surface area contributed by atoms with Crippen molar-refractivity contribution in [1.29, 1.82) is 0 Å². The van der Waals surface area contributed by atoms with Gasteiger partial charge >= 0.3 is 0 Å². The molecule has 31 heavy (non-hydrogen) atoms. The monoisotopic (exact) mass is 481 g/mol. The van der Waals surface area contributed by atoms with Gasteiger partial charge in [0.1, 0.15) is 5.75 Å². The molecule has 0 aliphatic heterocycles. The van der Waals surface area contributed by atoms with E-state index in [0.717, 1.165) is 34.3 Å². The van der Waals surface area contributed by atoms with Gasteiger partial charge in [-0.15, -0.1) is 12.4 Å². The Morgan fingerprint density at radius 2 is 1.74 bits per heavy atom. The van der Waals surface area contributed by atoms with Crippen molar-refractivity contribution in [2.75, 3.05) is 37.8 Å². The highest BCUT2D eigenvalue weighted by Crippen LogP contribution is 2.32. The minimum atomic E-state index is -3.72. The summed E-state index contributed by atoms with van der Waals surface area (Å²) in [5, 5.41) is 0.547. The van der Waals surface area contributed by atoms with Gasteiger partial charge in [-0.2, -0.15) is 0 Å². The quantitative estimate of drug-likeness (QED) is 0.484. The zero-order valence-electron chi connectivity index (χ0n) is 18.2. The van der Waals surface area contributed by atoms with Crippen molar-refractivity contribution in [3.8, 4) is 0 Å². The number of benzene rings is 2. The van der Waals surface area contributed by atoms with Gasteiger partial charge in [0.25, 0.3) is 0 Å². The molecule has 0 radical (unpaired) electrons. The van der Waals surface area contributed by atoms with E-state index in [0.29, 0.717) is 11.7 Å². The molecule has 9 heteroatoms. The highest BCUT2D eigenvalue weighted by Gasteiger charge is 2.26. The molecule has 168 valence electrons. The van der Waals surface area contributed by atoms with Crippen LogP contribution in [0.15, 0.2) is 47.4 Å². The Kier molecular flexibility index (Phi) is 8.59. The van der Waals surface area contributed by atoms with Gasteiger partial charge in [-0.25, -0.2) is 13.4 Å². The highest BCUT2D eigenvalue weighted by molar-refractivity contribution is 7.92. The van der Waals surface area contributed by atoms with Crippen LogP contribution in [0.5, 0.6) is 0 Å². The fourth-order valence-electron chi connectivity index (χ4n) is 3.30. The third kappa shape index (κ3) is 6.26. The second kappa shape index (κ2) is 10.5. The molecular weight excluding hydrogens is 454 g/mol. The minimum Gasteiger partial charge on any atom is -0.309 e. The van der Waals surface area contributed by atoms with Crippen LogP contribution >= 0.6 is 23.7 Å². The summed E-state index contributed by atoms with van der Waals surface area (Å²) in [7, 11) is 0.213. The Hall–Kier alpha value is -2.00. The van der Waals surface area contributed by atoms with E-state index < -0.39 is 21.5 Å². The molecule has 2 aromatic carbocycles. The molecule has 3 rings (SSSR count). The van der Waals surface area contributed by atoms with E-state index >= 15 is 0 Å². The van der Waals surface area contributed by atoms with Crippen molar-refractivity contribution in [3.63, 3.8) is 0 Å². The Balaban J connectivity index is 0.00000341. The van der Waals surface area contributed by atoms with Gasteiger partial charge in [0.05, 0.1) is 15.1 Å². The molecule has 3 aromatic rings. The molecule has 0 N–H and O–H groups in total. The Bertz CT molecular complexity index is 1150. The molecule has 0 fully saturated rings. The molecule has 1 aromatic heterocycles. The number of carbonyl (C=O) groups excluding carboxylic acids is 1. The number of aryl methyl sites for hydroxylation is 2. The van der Waals surface area contributed by atoms with Crippen LogP contribution in [0.1, 0.15) is 17.5 Å². The van der Waals surface area contributed by atoms with Gasteiger partial charge in [-0.3, -0.25) is 9.69 Å². The fraction of sp³-hybridized carbons (Fsp3) is 0.364. The average molecular weight is 482 g/mol. The first kappa shape index (κ1) is 25.3. The maximum atomic E-state index is 13.1. The van der Waals surface area contributed by atoms with E-state index in [2.05, 4.69) is 6.07 Å². The van der Waals surface area contributed by atoms with Gasteiger partial charge in [0.2, 0.25) is 5.91 Å². The van der Waals surface area contributed by atoms with Crippen molar-refractivity contribution >= 4 is 54.8 Å². The number of rotatable bonds is 8. The summed E-state index contributed by atoms with van der Waals surface area (Å²) in [4.78, 5) is 21.6. The Morgan fingerprint density at radius 1 is 1.06 bits per heavy atom. The SMILES string of the molecule is Cc1cc(C)c2nc(N(CCCN(C)C)C(=O)CS(=O)(=O)c3ccccc3)sc2c1.Cl. The van der Waals surface area contributed by atoms with Crippen LogP contribution in [0.3, 0.4) is 0 Å². The molecule has 0 aliphatic rings. The van der Waals surface area contributed by atoms with Gasteiger partial charge in [-0.1, -0.05) is 35.6 Å². The topological polar surface area (TPSA) is 70.6 Å². The Labute approximate surface area is 194 Å². The van der Waals surface area contributed by atoms with Crippen LogP contribution < -0.4 is 4.90 Å². The lowest BCUT2D eigenvalue weighted by Crippen LogP contribution is -2.37. The third-order valence-electron chi connectivity index (χ3n) is 4.75. The van der Waals surface area contributed by atoms with E-state index in [1.165, 1.54) is 28.4 Å². The van der Waals surface area contributed by atoms with E-state index in [1.807, 2.05) is 38.9 Å².